The fraction of sp³-hybridized carbons (Fsp3) is 0.750. The Bertz CT molecular complexity index is 202. The molecule has 4 N–H and O–H groups in total. The van der Waals surface area contributed by atoms with Gasteiger partial charge in [0.15, 0.2) is 0 Å². The molecule has 0 heterocycles. The molecule has 0 bridgehead atoms. The molecule has 0 saturated heterocycles. The molecule has 0 aliphatic carbocycles. The molecule has 0 aliphatic heterocycles. The molecule has 1 unspecified atom stereocenters. The molecule has 13 heavy (non-hydrogen) atoms. The molecule has 0 aromatic heterocycles. The Balaban J connectivity index is 4.42. The summed E-state index contributed by atoms with van der Waals surface area (Å²) in [5, 5.41) is 0. The highest BCUT2D eigenvalue weighted by Gasteiger charge is 2.21. The summed E-state index contributed by atoms with van der Waals surface area (Å²) in [7, 11) is 0. The van der Waals surface area contributed by atoms with E-state index in [4.69, 9.17) is 11.5 Å². The molecule has 1 atom stereocenters. The van der Waals surface area contributed by atoms with E-state index in [2.05, 4.69) is 0 Å². The van der Waals surface area contributed by atoms with Crippen molar-refractivity contribution in [3.8, 4) is 0 Å². The second-order valence-electron chi connectivity index (χ2n) is 3.31. The molecular formula is C8H17N3O2. The van der Waals surface area contributed by atoms with Crippen LogP contribution >= 0.6 is 0 Å². The summed E-state index contributed by atoms with van der Waals surface area (Å²) in [5.74, 6) is -0.781. The molecule has 5 heteroatoms. The van der Waals surface area contributed by atoms with Gasteiger partial charge < -0.3 is 16.4 Å². The zero-order chi connectivity index (χ0) is 10.6. The first-order valence-electron chi connectivity index (χ1n) is 4.20. The number of nitrogens with two attached hydrogens (primary N) is 2. The summed E-state index contributed by atoms with van der Waals surface area (Å²) in [6.45, 7) is 5.13. The van der Waals surface area contributed by atoms with Gasteiger partial charge in [0.2, 0.25) is 11.8 Å². The largest absolute Gasteiger partial charge is 0.368 e. The van der Waals surface area contributed by atoms with Crippen LogP contribution in [0, 0.1) is 0 Å². The molecule has 0 aromatic carbocycles. The summed E-state index contributed by atoms with van der Waals surface area (Å²) >= 11 is 0. The monoisotopic (exact) mass is 187 g/mol. The standard InChI is InChI=1S/C8H17N3O2/c1-5(2)11(4-7(10)12)8(13)6(3)9/h5-6H,4,9H2,1-3H3,(H2,10,12). The molecule has 76 valence electrons. The Hall–Kier alpha value is -1.10. The average Bonchev–Trinajstić information content (AvgIpc) is 1.97. The van der Waals surface area contributed by atoms with E-state index in [1.807, 2.05) is 13.8 Å². The van der Waals surface area contributed by atoms with Crippen LogP contribution in [0.1, 0.15) is 20.8 Å². The van der Waals surface area contributed by atoms with Crippen molar-refractivity contribution in [3.05, 3.63) is 0 Å². The predicted octanol–water partition coefficient (Wildman–Crippen LogP) is -0.944. The molecule has 0 aliphatic rings. The molecular weight excluding hydrogens is 170 g/mol. The molecule has 0 saturated carbocycles. The van der Waals surface area contributed by atoms with Gasteiger partial charge in [0.25, 0.3) is 0 Å². The van der Waals surface area contributed by atoms with E-state index >= 15 is 0 Å². The lowest BCUT2D eigenvalue weighted by molar-refractivity contribution is -0.137. The summed E-state index contributed by atoms with van der Waals surface area (Å²) in [5.41, 5.74) is 10.4. The molecule has 5 nitrogen and oxygen atoms in total. The molecule has 0 aromatic rings. The van der Waals surface area contributed by atoms with E-state index in [0.29, 0.717) is 0 Å². The number of carbonyl (C=O) groups excluding carboxylic acids is 2. The SMILES string of the molecule is CC(N)C(=O)N(CC(N)=O)C(C)C. The summed E-state index contributed by atoms with van der Waals surface area (Å²) in [4.78, 5) is 23.4. The van der Waals surface area contributed by atoms with Crippen molar-refractivity contribution < 1.29 is 9.59 Å². The van der Waals surface area contributed by atoms with Gasteiger partial charge in [-0.25, -0.2) is 0 Å². The van der Waals surface area contributed by atoms with Gasteiger partial charge >= 0.3 is 0 Å². The Morgan fingerprint density at radius 2 is 1.77 bits per heavy atom. The van der Waals surface area contributed by atoms with Crippen LogP contribution in [-0.4, -0.2) is 35.3 Å². The van der Waals surface area contributed by atoms with Gasteiger partial charge in [0.1, 0.15) is 0 Å². The highest BCUT2D eigenvalue weighted by atomic mass is 16.2. The fourth-order valence-corrected chi connectivity index (χ4v) is 0.944. The van der Waals surface area contributed by atoms with E-state index in [1.165, 1.54) is 4.90 Å². The number of hydrogen-bond donors (Lipinski definition) is 2. The second kappa shape index (κ2) is 4.81. The number of nitrogens with zero attached hydrogens (tertiary/aromatic N) is 1. The third-order valence-electron chi connectivity index (χ3n) is 1.62. The van der Waals surface area contributed by atoms with E-state index in [9.17, 15) is 9.59 Å². The molecule has 0 radical (unpaired) electrons. The smallest absolute Gasteiger partial charge is 0.239 e. The van der Waals surface area contributed by atoms with E-state index in [1.54, 1.807) is 6.92 Å². The van der Waals surface area contributed by atoms with Crippen LogP contribution in [0.15, 0.2) is 0 Å². The van der Waals surface area contributed by atoms with E-state index in [-0.39, 0.29) is 18.5 Å². The maximum absolute atomic E-state index is 11.4. The van der Waals surface area contributed by atoms with Crippen LogP contribution < -0.4 is 11.5 Å². The van der Waals surface area contributed by atoms with Crippen molar-refractivity contribution >= 4 is 11.8 Å². The number of hydrogen-bond acceptors (Lipinski definition) is 3. The second-order valence-corrected chi connectivity index (χ2v) is 3.31. The van der Waals surface area contributed by atoms with Crippen molar-refractivity contribution in [2.75, 3.05) is 6.54 Å². The number of primary amides is 1. The van der Waals surface area contributed by atoms with Gasteiger partial charge in [-0.3, -0.25) is 9.59 Å². The first kappa shape index (κ1) is 11.9. The normalized spacial score (nSPS) is 12.7. The zero-order valence-corrected chi connectivity index (χ0v) is 8.28. The third kappa shape index (κ3) is 3.89. The maximum Gasteiger partial charge on any atom is 0.239 e. The summed E-state index contributed by atoms with van der Waals surface area (Å²) in [6.07, 6.45) is 0. The van der Waals surface area contributed by atoms with Crippen LogP contribution in [-0.2, 0) is 9.59 Å². The molecule has 0 rings (SSSR count). The van der Waals surface area contributed by atoms with E-state index < -0.39 is 11.9 Å². The van der Waals surface area contributed by atoms with Gasteiger partial charge in [0.05, 0.1) is 12.6 Å². The average molecular weight is 187 g/mol. The van der Waals surface area contributed by atoms with Gasteiger partial charge in [-0.2, -0.15) is 0 Å². The van der Waals surface area contributed by atoms with Crippen LogP contribution in [0.3, 0.4) is 0 Å². The first-order chi connectivity index (χ1) is 5.86. The van der Waals surface area contributed by atoms with Crippen molar-refractivity contribution in [1.82, 2.24) is 4.90 Å². The lowest BCUT2D eigenvalue weighted by Gasteiger charge is -2.26. The lowest BCUT2D eigenvalue weighted by atomic mass is 10.2. The minimum Gasteiger partial charge on any atom is -0.368 e. The Morgan fingerprint density at radius 3 is 2.00 bits per heavy atom. The van der Waals surface area contributed by atoms with Crippen molar-refractivity contribution in [3.63, 3.8) is 0 Å². The van der Waals surface area contributed by atoms with Crippen LogP contribution in [0.5, 0.6) is 0 Å². The highest BCUT2D eigenvalue weighted by Crippen LogP contribution is 2.00. The van der Waals surface area contributed by atoms with Gasteiger partial charge in [-0.1, -0.05) is 0 Å². The number of carbonyl (C=O) groups is 2. The quantitative estimate of drug-likeness (QED) is 0.595. The predicted molar refractivity (Wildman–Crippen MR) is 49.7 cm³/mol. The minimum absolute atomic E-state index is 0.0639. The summed E-state index contributed by atoms with van der Waals surface area (Å²) < 4.78 is 0. The Morgan fingerprint density at radius 1 is 1.31 bits per heavy atom. The van der Waals surface area contributed by atoms with Gasteiger partial charge in [-0.15, -0.1) is 0 Å². The van der Waals surface area contributed by atoms with Crippen LogP contribution in [0.25, 0.3) is 0 Å². The Labute approximate surface area is 78.1 Å². The minimum atomic E-state index is -0.596. The van der Waals surface area contributed by atoms with Crippen LogP contribution in [0.2, 0.25) is 0 Å². The van der Waals surface area contributed by atoms with Crippen molar-refractivity contribution in [1.29, 1.82) is 0 Å². The van der Waals surface area contributed by atoms with Crippen molar-refractivity contribution in [2.45, 2.75) is 32.9 Å². The highest BCUT2D eigenvalue weighted by molar-refractivity contribution is 5.86. The maximum atomic E-state index is 11.4. The molecule has 2 amide bonds. The number of rotatable bonds is 4. The topological polar surface area (TPSA) is 89.4 Å². The van der Waals surface area contributed by atoms with Gasteiger partial charge in [-0.05, 0) is 20.8 Å². The molecule has 0 fully saturated rings. The van der Waals surface area contributed by atoms with Gasteiger partial charge in [0, 0.05) is 6.04 Å². The Kier molecular flexibility index (Phi) is 4.40. The fourth-order valence-electron chi connectivity index (χ4n) is 0.944. The van der Waals surface area contributed by atoms with E-state index in [0.717, 1.165) is 0 Å². The zero-order valence-electron chi connectivity index (χ0n) is 8.28. The third-order valence-corrected chi connectivity index (χ3v) is 1.62. The summed E-state index contributed by atoms with van der Waals surface area (Å²) in [6, 6.07) is -0.659. The lowest BCUT2D eigenvalue weighted by Crippen LogP contribution is -2.48. The van der Waals surface area contributed by atoms with Crippen molar-refractivity contribution in [2.24, 2.45) is 11.5 Å². The number of amides is 2. The first-order valence-corrected chi connectivity index (χ1v) is 4.20. The van der Waals surface area contributed by atoms with Crippen LogP contribution in [0.4, 0.5) is 0 Å². The molecule has 0 spiro atoms.